The van der Waals surface area contributed by atoms with Crippen molar-refractivity contribution in [3.05, 3.63) is 35.7 Å². The summed E-state index contributed by atoms with van der Waals surface area (Å²) in [5, 5.41) is 6.93. The van der Waals surface area contributed by atoms with Gasteiger partial charge in [0.1, 0.15) is 0 Å². The predicted molar refractivity (Wildman–Crippen MR) is 76.0 cm³/mol. The van der Waals surface area contributed by atoms with Gasteiger partial charge in [0.05, 0.1) is 5.69 Å². The highest BCUT2D eigenvalue weighted by molar-refractivity contribution is 5.96. The molecule has 1 aliphatic heterocycles. The van der Waals surface area contributed by atoms with Crippen LogP contribution < -0.4 is 20.5 Å². The van der Waals surface area contributed by atoms with Crippen molar-refractivity contribution < 1.29 is 14.3 Å². The molecule has 2 heterocycles. The number of amides is 1. The molecule has 21 heavy (non-hydrogen) atoms. The largest absolute Gasteiger partial charge is 0.454 e. The number of nitrogens with two attached hydrogens (primary N) is 1. The summed E-state index contributed by atoms with van der Waals surface area (Å²) < 4.78 is 12.2. The van der Waals surface area contributed by atoms with Gasteiger partial charge in [0.15, 0.2) is 17.2 Å². The lowest BCUT2D eigenvalue weighted by atomic mass is 10.2. The van der Waals surface area contributed by atoms with E-state index < -0.39 is 0 Å². The van der Waals surface area contributed by atoms with E-state index >= 15 is 0 Å². The Hall–Kier alpha value is -2.70. The molecule has 3 rings (SSSR count). The van der Waals surface area contributed by atoms with Crippen molar-refractivity contribution in [2.24, 2.45) is 0 Å². The Balaban J connectivity index is 1.67. The van der Waals surface area contributed by atoms with Gasteiger partial charge in [0, 0.05) is 19.3 Å². The van der Waals surface area contributed by atoms with Gasteiger partial charge >= 0.3 is 0 Å². The second kappa shape index (κ2) is 5.35. The molecule has 0 bridgehead atoms. The zero-order valence-corrected chi connectivity index (χ0v) is 11.6. The van der Waals surface area contributed by atoms with E-state index in [2.05, 4.69) is 10.4 Å². The quantitative estimate of drug-likeness (QED) is 0.880. The third-order valence-electron chi connectivity index (χ3n) is 3.22. The first-order valence-corrected chi connectivity index (χ1v) is 6.67. The highest BCUT2D eigenvalue weighted by Gasteiger charge is 2.16. The summed E-state index contributed by atoms with van der Waals surface area (Å²) in [7, 11) is 0. The zero-order chi connectivity index (χ0) is 14.8. The predicted octanol–water partition coefficient (Wildman–Crippen LogP) is 1.14. The van der Waals surface area contributed by atoms with Crippen LogP contribution in [0, 0.1) is 0 Å². The van der Waals surface area contributed by atoms with Gasteiger partial charge in [-0.2, -0.15) is 5.10 Å². The molecule has 1 aliphatic rings. The number of benzene rings is 1. The topological polar surface area (TPSA) is 91.4 Å². The van der Waals surface area contributed by atoms with Gasteiger partial charge in [-0.3, -0.25) is 9.48 Å². The van der Waals surface area contributed by atoms with Crippen LogP contribution in [0.15, 0.2) is 24.4 Å². The molecule has 0 spiro atoms. The normalized spacial score (nSPS) is 12.4. The van der Waals surface area contributed by atoms with Crippen LogP contribution in [0.5, 0.6) is 11.5 Å². The SMILES string of the molecule is CCn1cc(N)c(C(=O)NCc2ccc3c(c2)OCO3)n1. The van der Waals surface area contributed by atoms with Gasteiger partial charge < -0.3 is 20.5 Å². The maximum Gasteiger partial charge on any atom is 0.274 e. The third-order valence-corrected chi connectivity index (χ3v) is 3.22. The van der Waals surface area contributed by atoms with Crippen molar-refractivity contribution in [3.63, 3.8) is 0 Å². The zero-order valence-electron chi connectivity index (χ0n) is 11.6. The number of hydrogen-bond donors (Lipinski definition) is 2. The van der Waals surface area contributed by atoms with Crippen molar-refractivity contribution in [1.29, 1.82) is 0 Å². The minimum Gasteiger partial charge on any atom is -0.454 e. The molecule has 3 N–H and O–H groups in total. The lowest BCUT2D eigenvalue weighted by Gasteiger charge is -2.05. The Labute approximate surface area is 121 Å². The number of carbonyl (C=O) groups is 1. The molecule has 0 saturated carbocycles. The minimum atomic E-state index is -0.294. The van der Waals surface area contributed by atoms with Crippen molar-refractivity contribution in [2.45, 2.75) is 20.0 Å². The highest BCUT2D eigenvalue weighted by Crippen LogP contribution is 2.32. The van der Waals surface area contributed by atoms with Gasteiger partial charge in [-0.1, -0.05) is 6.07 Å². The van der Waals surface area contributed by atoms with E-state index in [0.717, 1.165) is 11.3 Å². The van der Waals surface area contributed by atoms with Gasteiger partial charge in [-0.05, 0) is 24.6 Å². The molecule has 0 saturated heterocycles. The van der Waals surface area contributed by atoms with E-state index in [9.17, 15) is 4.79 Å². The van der Waals surface area contributed by atoms with Crippen molar-refractivity contribution in [1.82, 2.24) is 15.1 Å². The van der Waals surface area contributed by atoms with Crippen LogP contribution in [-0.2, 0) is 13.1 Å². The molecule has 7 nitrogen and oxygen atoms in total. The van der Waals surface area contributed by atoms with Gasteiger partial charge in [-0.25, -0.2) is 0 Å². The fourth-order valence-corrected chi connectivity index (χ4v) is 2.09. The summed E-state index contributed by atoms with van der Waals surface area (Å²) in [6.45, 7) is 3.20. The molecule has 1 amide bonds. The van der Waals surface area contributed by atoms with E-state index in [0.29, 0.717) is 24.5 Å². The number of carbonyl (C=O) groups excluding carboxylic acids is 1. The fraction of sp³-hybridized carbons (Fsp3) is 0.286. The number of nitrogens with one attached hydrogen (secondary N) is 1. The van der Waals surface area contributed by atoms with Crippen LogP contribution in [0.4, 0.5) is 5.69 Å². The summed E-state index contributed by atoms with van der Waals surface area (Å²) in [5.74, 6) is 1.12. The van der Waals surface area contributed by atoms with Crippen LogP contribution in [0.25, 0.3) is 0 Å². The Morgan fingerprint density at radius 3 is 3.00 bits per heavy atom. The molecule has 0 unspecified atom stereocenters. The van der Waals surface area contributed by atoms with Crippen LogP contribution in [0.1, 0.15) is 23.0 Å². The summed E-state index contributed by atoms with van der Waals surface area (Å²) in [5.41, 5.74) is 7.32. The number of nitrogen functional groups attached to an aromatic ring is 1. The standard InChI is InChI=1S/C14H16N4O3/c1-2-18-7-10(15)13(17-18)14(19)16-6-9-3-4-11-12(5-9)21-8-20-11/h3-5,7H,2,6,8,15H2,1H3,(H,16,19). The average Bonchev–Trinajstić information content (AvgIpc) is 3.10. The molecule has 0 radical (unpaired) electrons. The van der Waals surface area contributed by atoms with E-state index in [1.165, 1.54) is 0 Å². The number of rotatable bonds is 4. The van der Waals surface area contributed by atoms with Gasteiger partial charge in [-0.15, -0.1) is 0 Å². The Kier molecular flexibility index (Phi) is 3.39. The average molecular weight is 288 g/mol. The minimum absolute atomic E-state index is 0.232. The molecule has 0 atom stereocenters. The molecule has 1 aromatic carbocycles. The van der Waals surface area contributed by atoms with E-state index in [1.807, 2.05) is 25.1 Å². The summed E-state index contributed by atoms with van der Waals surface area (Å²) >= 11 is 0. The second-order valence-electron chi connectivity index (χ2n) is 4.66. The molecule has 0 fully saturated rings. The summed E-state index contributed by atoms with van der Waals surface area (Å²) in [4.78, 5) is 12.1. The number of fused-ring (bicyclic) bond motifs is 1. The molecular weight excluding hydrogens is 272 g/mol. The lowest BCUT2D eigenvalue weighted by Crippen LogP contribution is -2.24. The van der Waals surface area contributed by atoms with Gasteiger partial charge in [0.2, 0.25) is 6.79 Å². The lowest BCUT2D eigenvalue weighted by molar-refractivity contribution is 0.0946. The Morgan fingerprint density at radius 2 is 2.24 bits per heavy atom. The molecular formula is C14H16N4O3. The molecule has 1 aromatic heterocycles. The maximum atomic E-state index is 12.1. The Morgan fingerprint density at radius 1 is 1.43 bits per heavy atom. The van der Waals surface area contributed by atoms with Crippen LogP contribution in [0.2, 0.25) is 0 Å². The number of aromatic nitrogens is 2. The number of ether oxygens (including phenoxy) is 2. The van der Waals surface area contributed by atoms with Crippen molar-refractivity contribution >= 4 is 11.6 Å². The molecule has 2 aromatic rings. The van der Waals surface area contributed by atoms with Crippen molar-refractivity contribution in [3.8, 4) is 11.5 Å². The summed E-state index contributed by atoms with van der Waals surface area (Å²) in [6.07, 6.45) is 1.65. The van der Waals surface area contributed by atoms with Crippen LogP contribution in [-0.4, -0.2) is 22.5 Å². The first-order valence-electron chi connectivity index (χ1n) is 6.67. The van der Waals surface area contributed by atoms with Crippen LogP contribution in [0.3, 0.4) is 0 Å². The molecule has 7 heteroatoms. The first kappa shape index (κ1) is 13.3. The number of anilines is 1. The maximum absolute atomic E-state index is 12.1. The third kappa shape index (κ3) is 2.62. The monoisotopic (exact) mass is 288 g/mol. The smallest absolute Gasteiger partial charge is 0.274 e. The van der Waals surface area contributed by atoms with Crippen LogP contribution >= 0.6 is 0 Å². The van der Waals surface area contributed by atoms with Gasteiger partial charge in [0.25, 0.3) is 5.91 Å². The van der Waals surface area contributed by atoms with E-state index in [4.69, 9.17) is 15.2 Å². The summed E-state index contributed by atoms with van der Waals surface area (Å²) in [6, 6.07) is 5.54. The van der Waals surface area contributed by atoms with E-state index in [-0.39, 0.29) is 18.4 Å². The fourth-order valence-electron chi connectivity index (χ4n) is 2.09. The molecule has 0 aliphatic carbocycles. The highest BCUT2D eigenvalue weighted by atomic mass is 16.7. The first-order chi connectivity index (χ1) is 10.2. The van der Waals surface area contributed by atoms with Crippen molar-refractivity contribution in [2.75, 3.05) is 12.5 Å². The number of aryl methyl sites for hydroxylation is 1. The second-order valence-corrected chi connectivity index (χ2v) is 4.66. The number of hydrogen-bond acceptors (Lipinski definition) is 5. The number of nitrogens with zero attached hydrogens (tertiary/aromatic N) is 2. The Bertz CT molecular complexity index is 681. The van der Waals surface area contributed by atoms with E-state index in [1.54, 1.807) is 10.9 Å². The molecule has 110 valence electrons.